The molecule has 1 saturated carbocycles. The van der Waals surface area contributed by atoms with Crippen molar-refractivity contribution >= 4 is 22.4 Å². The van der Waals surface area contributed by atoms with E-state index < -0.39 is 0 Å². The summed E-state index contributed by atoms with van der Waals surface area (Å²) in [6.45, 7) is 3.29. The SMILES string of the molecule is O=C(NC[C@@H]1CCCN2CCCC[C@H]12)c1csc(NC2CC2)n1. The van der Waals surface area contributed by atoms with Gasteiger partial charge in [-0.25, -0.2) is 4.98 Å². The van der Waals surface area contributed by atoms with Gasteiger partial charge in [0.15, 0.2) is 5.13 Å². The lowest BCUT2D eigenvalue weighted by atomic mass is 9.83. The van der Waals surface area contributed by atoms with Gasteiger partial charge < -0.3 is 15.5 Å². The largest absolute Gasteiger partial charge is 0.359 e. The van der Waals surface area contributed by atoms with Crippen molar-refractivity contribution in [3.63, 3.8) is 0 Å². The van der Waals surface area contributed by atoms with Crippen LogP contribution in [-0.4, -0.2) is 47.5 Å². The van der Waals surface area contributed by atoms with E-state index in [0.717, 1.165) is 11.7 Å². The van der Waals surface area contributed by atoms with E-state index in [1.54, 1.807) is 0 Å². The summed E-state index contributed by atoms with van der Waals surface area (Å²) < 4.78 is 0. The Labute approximate surface area is 141 Å². The van der Waals surface area contributed by atoms with Gasteiger partial charge in [0.25, 0.3) is 5.91 Å². The summed E-state index contributed by atoms with van der Waals surface area (Å²) in [6.07, 6.45) is 8.93. The molecule has 1 aromatic rings. The Bertz CT molecular complexity index is 555. The number of hydrogen-bond donors (Lipinski definition) is 2. The van der Waals surface area contributed by atoms with Crippen molar-refractivity contribution in [1.29, 1.82) is 0 Å². The lowest BCUT2D eigenvalue weighted by Gasteiger charge is -2.44. The Hall–Kier alpha value is -1.14. The van der Waals surface area contributed by atoms with E-state index >= 15 is 0 Å². The van der Waals surface area contributed by atoms with E-state index in [1.807, 2.05) is 5.38 Å². The van der Waals surface area contributed by atoms with Crippen LogP contribution in [0.2, 0.25) is 0 Å². The van der Waals surface area contributed by atoms with Gasteiger partial charge in [-0.15, -0.1) is 11.3 Å². The first kappa shape index (κ1) is 15.4. The smallest absolute Gasteiger partial charge is 0.270 e. The van der Waals surface area contributed by atoms with Crippen molar-refractivity contribution in [2.75, 3.05) is 25.0 Å². The molecule has 1 amide bonds. The van der Waals surface area contributed by atoms with Gasteiger partial charge in [0.05, 0.1) is 0 Å². The highest BCUT2D eigenvalue weighted by atomic mass is 32.1. The van der Waals surface area contributed by atoms with Gasteiger partial charge in [0.1, 0.15) is 5.69 Å². The van der Waals surface area contributed by atoms with Crippen LogP contribution < -0.4 is 10.6 Å². The molecule has 0 spiro atoms. The van der Waals surface area contributed by atoms with E-state index in [9.17, 15) is 4.79 Å². The molecule has 2 atom stereocenters. The summed E-state index contributed by atoms with van der Waals surface area (Å²) >= 11 is 1.53. The number of thiazole rings is 1. The van der Waals surface area contributed by atoms with Crippen molar-refractivity contribution < 1.29 is 4.79 Å². The zero-order valence-corrected chi connectivity index (χ0v) is 14.4. The van der Waals surface area contributed by atoms with Crippen molar-refractivity contribution in [2.24, 2.45) is 5.92 Å². The number of piperidine rings is 2. The maximum Gasteiger partial charge on any atom is 0.270 e. The van der Waals surface area contributed by atoms with Gasteiger partial charge in [-0.1, -0.05) is 6.42 Å². The summed E-state index contributed by atoms with van der Waals surface area (Å²) in [6, 6.07) is 1.26. The van der Waals surface area contributed by atoms with Crippen LogP contribution in [-0.2, 0) is 0 Å². The van der Waals surface area contributed by atoms with Crippen molar-refractivity contribution in [3.8, 4) is 0 Å². The predicted molar refractivity (Wildman–Crippen MR) is 93.0 cm³/mol. The molecule has 3 heterocycles. The molecular formula is C17H26N4OS. The zero-order valence-electron chi connectivity index (χ0n) is 13.6. The lowest BCUT2D eigenvalue weighted by molar-refractivity contribution is 0.0575. The molecular weight excluding hydrogens is 308 g/mol. The number of nitrogens with one attached hydrogen (secondary N) is 2. The maximum atomic E-state index is 12.4. The molecule has 2 saturated heterocycles. The van der Waals surface area contributed by atoms with Crippen LogP contribution in [0.5, 0.6) is 0 Å². The third-order valence-electron chi connectivity index (χ3n) is 5.40. The molecule has 2 N–H and O–H groups in total. The first-order valence-electron chi connectivity index (χ1n) is 9.04. The number of amides is 1. The average molecular weight is 334 g/mol. The molecule has 4 rings (SSSR count). The van der Waals surface area contributed by atoms with Gasteiger partial charge in [-0.2, -0.15) is 0 Å². The molecule has 3 aliphatic rings. The predicted octanol–water partition coefficient (Wildman–Crippen LogP) is 2.71. The van der Waals surface area contributed by atoms with Crippen LogP contribution in [0.4, 0.5) is 5.13 Å². The van der Waals surface area contributed by atoms with E-state index in [0.29, 0.717) is 23.7 Å². The average Bonchev–Trinajstić information content (AvgIpc) is 3.27. The molecule has 2 aliphatic heterocycles. The van der Waals surface area contributed by atoms with Crippen LogP contribution in [0.15, 0.2) is 5.38 Å². The highest BCUT2D eigenvalue weighted by Crippen LogP contribution is 2.30. The summed E-state index contributed by atoms with van der Waals surface area (Å²) in [7, 11) is 0. The van der Waals surface area contributed by atoms with E-state index in [-0.39, 0.29) is 5.91 Å². The molecule has 5 nitrogen and oxygen atoms in total. The summed E-state index contributed by atoms with van der Waals surface area (Å²) in [5, 5.41) is 9.24. The molecule has 1 aromatic heterocycles. The minimum absolute atomic E-state index is 0.0157. The quantitative estimate of drug-likeness (QED) is 0.869. The Kier molecular flexibility index (Phi) is 4.53. The third kappa shape index (κ3) is 3.69. The highest BCUT2D eigenvalue weighted by Gasteiger charge is 2.33. The van der Waals surface area contributed by atoms with Crippen LogP contribution in [0.3, 0.4) is 0 Å². The number of carbonyl (C=O) groups excluding carboxylic acids is 1. The van der Waals surface area contributed by atoms with E-state index in [1.165, 1.54) is 69.4 Å². The molecule has 0 radical (unpaired) electrons. The van der Waals surface area contributed by atoms with Crippen LogP contribution in [0.1, 0.15) is 55.4 Å². The maximum absolute atomic E-state index is 12.4. The summed E-state index contributed by atoms with van der Waals surface area (Å²) in [5.41, 5.74) is 0.564. The third-order valence-corrected chi connectivity index (χ3v) is 6.17. The monoisotopic (exact) mass is 334 g/mol. The Balaban J connectivity index is 1.30. The van der Waals surface area contributed by atoms with Gasteiger partial charge in [0.2, 0.25) is 0 Å². The van der Waals surface area contributed by atoms with Crippen LogP contribution in [0.25, 0.3) is 0 Å². The lowest BCUT2D eigenvalue weighted by Crippen LogP contribution is -2.51. The second-order valence-electron chi connectivity index (χ2n) is 7.17. The number of rotatable bonds is 5. The van der Waals surface area contributed by atoms with Crippen molar-refractivity contribution in [3.05, 3.63) is 11.1 Å². The molecule has 0 unspecified atom stereocenters. The second kappa shape index (κ2) is 6.77. The Morgan fingerprint density at radius 2 is 2.09 bits per heavy atom. The molecule has 3 fully saturated rings. The molecule has 23 heavy (non-hydrogen) atoms. The normalized spacial score (nSPS) is 28.2. The Morgan fingerprint density at radius 1 is 1.22 bits per heavy atom. The first-order valence-corrected chi connectivity index (χ1v) is 9.92. The van der Waals surface area contributed by atoms with Crippen molar-refractivity contribution in [1.82, 2.24) is 15.2 Å². The molecule has 6 heteroatoms. The second-order valence-corrected chi connectivity index (χ2v) is 8.03. The Morgan fingerprint density at radius 3 is 2.96 bits per heavy atom. The number of nitrogens with zero attached hydrogens (tertiary/aromatic N) is 2. The fourth-order valence-corrected chi connectivity index (χ4v) is 4.75. The number of aromatic nitrogens is 1. The number of hydrogen-bond acceptors (Lipinski definition) is 5. The fraction of sp³-hybridized carbons (Fsp3) is 0.765. The van der Waals surface area contributed by atoms with Gasteiger partial charge in [0, 0.05) is 24.0 Å². The number of carbonyl (C=O) groups is 1. The zero-order chi connectivity index (χ0) is 15.6. The van der Waals surface area contributed by atoms with E-state index in [2.05, 4.69) is 20.5 Å². The first-order chi connectivity index (χ1) is 11.3. The topological polar surface area (TPSA) is 57.3 Å². The molecule has 0 aromatic carbocycles. The molecule has 0 bridgehead atoms. The number of anilines is 1. The van der Waals surface area contributed by atoms with Gasteiger partial charge >= 0.3 is 0 Å². The fourth-order valence-electron chi connectivity index (χ4n) is 3.98. The van der Waals surface area contributed by atoms with Crippen molar-refractivity contribution in [2.45, 2.75) is 57.0 Å². The summed E-state index contributed by atoms with van der Waals surface area (Å²) in [4.78, 5) is 19.4. The minimum Gasteiger partial charge on any atom is -0.359 e. The van der Waals surface area contributed by atoms with Gasteiger partial charge in [-0.3, -0.25) is 4.79 Å². The summed E-state index contributed by atoms with van der Waals surface area (Å²) in [5.74, 6) is 0.591. The number of fused-ring (bicyclic) bond motifs is 1. The minimum atomic E-state index is -0.0157. The van der Waals surface area contributed by atoms with Crippen LogP contribution >= 0.6 is 11.3 Å². The van der Waals surface area contributed by atoms with Crippen LogP contribution in [0, 0.1) is 5.92 Å². The standard InChI is InChI=1S/C17H26N4OS/c22-16(14-11-23-17(20-14)19-13-6-7-13)18-10-12-4-3-9-21-8-2-1-5-15(12)21/h11-13,15H,1-10H2,(H,18,22)(H,19,20)/t12-,15+/m0/s1. The molecule has 1 aliphatic carbocycles. The highest BCUT2D eigenvalue weighted by molar-refractivity contribution is 7.13. The van der Waals surface area contributed by atoms with Gasteiger partial charge in [-0.05, 0) is 57.5 Å². The van der Waals surface area contributed by atoms with E-state index in [4.69, 9.17) is 0 Å². The molecule has 126 valence electrons.